The zero-order chi connectivity index (χ0) is 16.7. The third-order valence-electron chi connectivity index (χ3n) is 3.06. The van der Waals surface area contributed by atoms with E-state index in [1.165, 1.54) is 0 Å². The van der Waals surface area contributed by atoms with E-state index in [1.807, 2.05) is 50.2 Å². The number of aldehydes is 1. The molecule has 116 valence electrons. The van der Waals surface area contributed by atoms with Crippen molar-refractivity contribution in [3.8, 4) is 0 Å². The van der Waals surface area contributed by atoms with Crippen LogP contribution >= 0.6 is 31.9 Å². The SMILES string of the molecule is C=NC(O)c1cc(Br)ccc1C.Cc1ccc(Br)cc1C=O. The van der Waals surface area contributed by atoms with E-state index in [1.54, 1.807) is 0 Å². The molecule has 0 amide bonds. The molecule has 1 atom stereocenters. The van der Waals surface area contributed by atoms with E-state index < -0.39 is 6.23 Å². The van der Waals surface area contributed by atoms with Crippen molar-refractivity contribution in [3.05, 3.63) is 67.6 Å². The summed E-state index contributed by atoms with van der Waals surface area (Å²) in [6.45, 7) is 7.13. The molecule has 1 unspecified atom stereocenters. The number of aliphatic hydroxyl groups excluding tert-OH is 1. The zero-order valence-corrected chi connectivity index (χ0v) is 15.6. The van der Waals surface area contributed by atoms with E-state index >= 15 is 0 Å². The average Bonchev–Trinajstić information content (AvgIpc) is 2.52. The first-order valence-corrected chi connectivity index (χ1v) is 8.09. The molecule has 0 spiro atoms. The quantitative estimate of drug-likeness (QED) is 0.553. The van der Waals surface area contributed by atoms with Gasteiger partial charge in [0.05, 0.1) is 0 Å². The molecule has 0 aliphatic heterocycles. The van der Waals surface area contributed by atoms with Crippen LogP contribution in [-0.2, 0) is 0 Å². The number of halogens is 2. The topological polar surface area (TPSA) is 49.7 Å². The molecule has 0 saturated carbocycles. The van der Waals surface area contributed by atoms with Crippen LogP contribution in [0.4, 0.5) is 0 Å². The number of nitrogens with zero attached hydrogens (tertiary/aromatic N) is 1. The number of benzene rings is 2. The fraction of sp³-hybridized carbons (Fsp3) is 0.176. The molecule has 2 aromatic carbocycles. The summed E-state index contributed by atoms with van der Waals surface area (Å²) in [6.07, 6.45) is 0.0441. The van der Waals surface area contributed by atoms with Crippen molar-refractivity contribution in [1.82, 2.24) is 0 Å². The van der Waals surface area contributed by atoms with E-state index in [9.17, 15) is 9.90 Å². The summed E-state index contributed by atoms with van der Waals surface area (Å²) in [7, 11) is 0. The highest BCUT2D eigenvalue weighted by molar-refractivity contribution is 9.10. The highest BCUT2D eigenvalue weighted by atomic mass is 79.9. The summed E-state index contributed by atoms with van der Waals surface area (Å²) in [4.78, 5) is 13.9. The van der Waals surface area contributed by atoms with Gasteiger partial charge in [0.2, 0.25) is 0 Å². The van der Waals surface area contributed by atoms with Gasteiger partial charge < -0.3 is 5.11 Å². The van der Waals surface area contributed by atoms with Crippen molar-refractivity contribution in [1.29, 1.82) is 0 Å². The van der Waals surface area contributed by atoms with Crippen molar-refractivity contribution in [2.24, 2.45) is 4.99 Å². The lowest BCUT2D eigenvalue weighted by atomic mass is 10.1. The minimum atomic E-state index is -0.817. The van der Waals surface area contributed by atoms with Crippen LogP contribution in [0.25, 0.3) is 0 Å². The van der Waals surface area contributed by atoms with Crippen LogP contribution in [0.1, 0.15) is 33.3 Å². The molecule has 3 nitrogen and oxygen atoms in total. The summed E-state index contributed by atoms with van der Waals surface area (Å²) in [5.41, 5.74) is 3.56. The van der Waals surface area contributed by atoms with Gasteiger partial charge in [-0.3, -0.25) is 9.79 Å². The second-order valence-corrected chi connectivity index (χ2v) is 6.51. The molecular formula is C17H17Br2NO2. The number of aliphatic hydroxyl groups is 1. The Morgan fingerprint density at radius 2 is 1.64 bits per heavy atom. The lowest BCUT2D eigenvalue weighted by Crippen LogP contribution is -1.95. The van der Waals surface area contributed by atoms with E-state index in [4.69, 9.17) is 0 Å². The van der Waals surface area contributed by atoms with Crippen molar-refractivity contribution < 1.29 is 9.90 Å². The second-order valence-electron chi connectivity index (χ2n) is 4.68. The van der Waals surface area contributed by atoms with Gasteiger partial charge in [0.1, 0.15) is 6.29 Å². The summed E-state index contributed by atoms with van der Waals surface area (Å²) >= 11 is 6.60. The maximum absolute atomic E-state index is 10.4. The van der Waals surface area contributed by atoms with Gasteiger partial charge in [0.25, 0.3) is 0 Å². The van der Waals surface area contributed by atoms with Crippen LogP contribution in [-0.4, -0.2) is 18.1 Å². The Bertz CT molecular complexity index is 672. The lowest BCUT2D eigenvalue weighted by molar-refractivity contribution is 0.112. The van der Waals surface area contributed by atoms with Crippen LogP contribution in [0, 0.1) is 13.8 Å². The van der Waals surface area contributed by atoms with Crippen LogP contribution in [0.3, 0.4) is 0 Å². The van der Waals surface area contributed by atoms with Gasteiger partial charge in [-0.15, -0.1) is 0 Å². The molecule has 5 heteroatoms. The molecule has 0 aliphatic carbocycles. The Kier molecular flexibility index (Phi) is 7.65. The van der Waals surface area contributed by atoms with Gasteiger partial charge >= 0.3 is 0 Å². The predicted molar refractivity (Wildman–Crippen MR) is 97.7 cm³/mol. The summed E-state index contributed by atoms with van der Waals surface area (Å²) in [5.74, 6) is 0. The normalized spacial score (nSPS) is 11.1. The first-order valence-electron chi connectivity index (χ1n) is 6.50. The third kappa shape index (κ3) is 5.48. The Morgan fingerprint density at radius 1 is 1.09 bits per heavy atom. The van der Waals surface area contributed by atoms with Gasteiger partial charge in [0.15, 0.2) is 6.23 Å². The third-order valence-corrected chi connectivity index (χ3v) is 4.05. The lowest BCUT2D eigenvalue weighted by Gasteiger charge is -2.08. The molecule has 0 heterocycles. The van der Waals surface area contributed by atoms with Gasteiger partial charge in [-0.05, 0) is 56.0 Å². The molecule has 0 radical (unpaired) electrons. The first kappa shape index (κ1) is 18.7. The smallest absolute Gasteiger partial charge is 0.170 e. The molecule has 0 aliphatic rings. The molecule has 1 N–H and O–H groups in total. The van der Waals surface area contributed by atoms with Gasteiger partial charge in [0, 0.05) is 20.1 Å². The summed E-state index contributed by atoms with van der Waals surface area (Å²) in [6, 6.07) is 11.3. The average molecular weight is 427 g/mol. The van der Waals surface area contributed by atoms with E-state index in [2.05, 4.69) is 43.6 Å². The van der Waals surface area contributed by atoms with Crippen molar-refractivity contribution in [3.63, 3.8) is 0 Å². The molecule has 0 aromatic heterocycles. The minimum Gasteiger partial charge on any atom is -0.368 e. The number of rotatable bonds is 3. The molecular weight excluding hydrogens is 410 g/mol. The number of hydrogen-bond donors (Lipinski definition) is 1. The molecule has 2 rings (SSSR count). The molecule has 22 heavy (non-hydrogen) atoms. The summed E-state index contributed by atoms with van der Waals surface area (Å²) in [5, 5.41) is 9.38. The number of aliphatic imine (C=N–C) groups is 1. The standard InChI is InChI=1S/C9H10BrNO.C8H7BrO/c1-6-3-4-7(10)5-8(6)9(12)11-2;1-6-2-3-8(9)4-7(6)5-10/h3-5,9,12H,2H2,1H3;2-5H,1H3. The van der Waals surface area contributed by atoms with E-state index in [0.717, 1.165) is 37.5 Å². The fourth-order valence-corrected chi connectivity index (χ4v) is 2.48. The Morgan fingerprint density at radius 3 is 2.14 bits per heavy atom. The highest BCUT2D eigenvalue weighted by Crippen LogP contribution is 2.22. The molecule has 0 bridgehead atoms. The maximum atomic E-state index is 10.4. The Labute approximate surface area is 147 Å². The number of aryl methyl sites for hydroxylation is 2. The van der Waals surface area contributed by atoms with E-state index in [-0.39, 0.29) is 0 Å². The van der Waals surface area contributed by atoms with Crippen molar-refractivity contribution in [2.75, 3.05) is 0 Å². The van der Waals surface area contributed by atoms with Crippen LogP contribution in [0.15, 0.2) is 50.3 Å². The maximum Gasteiger partial charge on any atom is 0.170 e. The summed E-state index contributed by atoms with van der Waals surface area (Å²) < 4.78 is 1.88. The largest absolute Gasteiger partial charge is 0.368 e. The minimum absolute atomic E-state index is 0.745. The Hall–Kier alpha value is -1.30. The van der Waals surface area contributed by atoms with Crippen LogP contribution in [0.2, 0.25) is 0 Å². The molecule has 2 aromatic rings. The first-order chi connectivity index (χ1) is 10.4. The van der Waals surface area contributed by atoms with Crippen LogP contribution < -0.4 is 0 Å². The van der Waals surface area contributed by atoms with Crippen molar-refractivity contribution >= 4 is 44.9 Å². The zero-order valence-electron chi connectivity index (χ0n) is 12.4. The monoisotopic (exact) mass is 425 g/mol. The van der Waals surface area contributed by atoms with Gasteiger partial charge in [-0.25, -0.2) is 0 Å². The highest BCUT2D eigenvalue weighted by Gasteiger charge is 2.06. The molecule has 0 saturated heterocycles. The number of hydrogen-bond acceptors (Lipinski definition) is 3. The number of carbonyl (C=O) groups is 1. The van der Waals surface area contributed by atoms with Gasteiger partial charge in [-0.1, -0.05) is 44.0 Å². The molecule has 0 fully saturated rings. The fourth-order valence-electron chi connectivity index (χ4n) is 1.73. The van der Waals surface area contributed by atoms with E-state index in [0.29, 0.717) is 0 Å². The number of carbonyl (C=O) groups excluding carboxylic acids is 1. The Balaban J connectivity index is 0.000000224. The van der Waals surface area contributed by atoms with Crippen molar-refractivity contribution in [2.45, 2.75) is 20.1 Å². The van der Waals surface area contributed by atoms with Gasteiger partial charge in [-0.2, -0.15) is 0 Å². The van der Waals surface area contributed by atoms with Crippen LogP contribution in [0.5, 0.6) is 0 Å². The predicted octanol–water partition coefficient (Wildman–Crippen LogP) is 5.02. The second kappa shape index (κ2) is 8.98.